The molecule has 1 fully saturated rings. The summed E-state index contributed by atoms with van der Waals surface area (Å²) in [5.74, 6) is 0.830. The number of hydrogen-bond acceptors (Lipinski definition) is 7. The Morgan fingerprint density at radius 3 is 1.94 bits per heavy atom. The third-order valence-electron chi connectivity index (χ3n) is 5.99. The standard InChI is InChI=1S/C27H39N5O4/c1-5-31-14-16-32(17-15-31)23-11-8-21(9-12-23)28-26(33)19-30(4)20-27(34)29-22-10-13-24(35-6-2)25(18-22)36-7-3/h8-13,18H,5-7,14-17,19-20H2,1-4H3,(H,28,33)(H,29,34). The van der Waals surface area contributed by atoms with Crippen molar-refractivity contribution in [1.82, 2.24) is 9.80 Å². The van der Waals surface area contributed by atoms with E-state index in [2.05, 4.69) is 27.4 Å². The lowest BCUT2D eigenvalue weighted by Crippen LogP contribution is -2.46. The molecule has 3 rings (SSSR count). The molecule has 1 saturated heterocycles. The second kappa shape index (κ2) is 13.7. The second-order valence-corrected chi connectivity index (χ2v) is 8.76. The van der Waals surface area contributed by atoms with E-state index < -0.39 is 0 Å². The zero-order valence-electron chi connectivity index (χ0n) is 21.9. The average Bonchev–Trinajstić information content (AvgIpc) is 2.86. The van der Waals surface area contributed by atoms with E-state index in [0.29, 0.717) is 30.4 Å². The van der Waals surface area contributed by atoms with Gasteiger partial charge in [0.15, 0.2) is 11.5 Å². The molecule has 9 nitrogen and oxygen atoms in total. The summed E-state index contributed by atoms with van der Waals surface area (Å²) in [6, 6.07) is 13.2. The average molecular weight is 498 g/mol. The van der Waals surface area contributed by atoms with Crippen molar-refractivity contribution < 1.29 is 19.1 Å². The van der Waals surface area contributed by atoms with Crippen LogP contribution in [-0.2, 0) is 9.59 Å². The Bertz CT molecular complexity index is 990. The summed E-state index contributed by atoms with van der Waals surface area (Å²) in [5.41, 5.74) is 2.52. The van der Waals surface area contributed by atoms with E-state index in [1.807, 2.05) is 38.1 Å². The molecule has 0 radical (unpaired) electrons. The van der Waals surface area contributed by atoms with Gasteiger partial charge in [0.25, 0.3) is 0 Å². The molecule has 1 aliphatic heterocycles. The van der Waals surface area contributed by atoms with Crippen molar-refractivity contribution in [2.45, 2.75) is 20.8 Å². The first-order chi connectivity index (χ1) is 17.4. The molecule has 196 valence electrons. The van der Waals surface area contributed by atoms with E-state index in [1.165, 1.54) is 5.69 Å². The molecule has 0 atom stereocenters. The molecular weight excluding hydrogens is 458 g/mol. The van der Waals surface area contributed by atoms with Gasteiger partial charge in [-0.15, -0.1) is 0 Å². The van der Waals surface area contributed by atoms with Crippen LogP contribution in [0.25, 0.3) is 0 Å². The van der Waals surface area contributed by atoms with Crippen molar-refractivity contribution in [2.24, 2.45) is 0 Å². The van der Waals surface area contributed by atoms with Gasteiger partial charge in [0.05, 0.1) is 26.3 Å². The first kappa shape index (κ1) is 27.3. The molecule has 2 aromatic carbocycles. The maximum Gasteiger partial charge on any atom is 0.238 e. The third-order valence-corrected chi connectivity index (χ3v) is 5.99. The number of anilines is 3. The molecule has 1 aliphatic rings. The van der Waals surface area contributed by atoms with Gasteiger partial charge in [0, 0.05) is 49.3 Å². The predicted octanol–water partition coefficient (Wildman–Crippen LogP) is 3.13. The summed E-state index contributed by atoms with van der Waals surface area (Å²) in [7, 11) is 1.74. The number of benzene rings is 2. The van der Waals surface area contributed by atoms with Gasteiger partial charge in [-0.25, -0.2) is 0 Å². The van der Waals surface area contributed by atoms with Crippen molar-refractivity contribution in [2.75, 3.05) is 81.6 Å². The van der Waals surface area contributed by atoms with Gasteiger partial charge in [-0.2, -0.15) is 0 Å². The zero-order valence-corrected chi connectivity index (χ0v) is 21.9. The van der Waals surface area contributed by atoms with Crippen LogP contribution in [-0.4, -0.2) is 87.7 Å². The predicted molar refractivity (Wildman–Crippen MR) is 144 cm³/mol. The molecular formula is C27H39N5O4. The lowest BCUT2D eigenvalue weighted by molar-refractivity contribution is -0.119. The number of likely N-dealkylation sites (N-methyl/N-ethyl adjacent to an activating group) is 2. The number of nitrogens with zero attached hydrogens (tertiary/aromatic N) is 3. The molecule has 1 heterocycles. The molecule has 2 aromatic rings. The Hall–Kier alpha value is -3.30. The van der Waals surface area contributed by atoms with Crippen LogP contribution < -0.4 is 25.0 Å². The van der Waals surface area contributed by atoms with Gasteiger partial charge in [-0.1, -0.05) is 6.92 Å². The fourth-order valence-electron chi connectivity index (χ4n) is 4.15. The normalized spacial score (nSPS) is 14.0. The van der Waals surface area contributed by atoms with Gasteiger partial charge in [-0.3, -0.25) is 14.5 Å². The van der Waals surface area contributed by atoms with E-state index in [0.717, 1.165) is 38.4 Å². The summed E-state index contributed by atoms with van der Waals surface area (Å²) < 4.78 is 11.2. The van der Waals surface area contributed by atoms with Gasteiger partial charge in [0.2, 0.25) is 11.8 Å². The monoisotopic (exact) mass is 497 g/mol. The summed E-state index contributed by atoms with van der Waals surface area (Å²) in [6.45, 7) is 12.4. The minimum atomic E-state index is -0.218. The molecule has 2 N–H and O–H groups in total. The topological polar surface area (TPSA) is 86.4 Å². The minimum absolute atomic E-state index is 0.0767. The van der Waals surface area contributed by atoms with Crippen LogP contribution in [0.3, 0.4) is 0 Å². The van der Waals surface area contributed by atoms with Crippen molar-refractivity contribution in [3.05, 3.63) is 42.5 Å². The van der Waals surface area contributed by atoms with Crippen LogP contribution in [0.2, 0.25) is 0 Å². The van der Waals surface area contributed by atoms with Gasteiger partial charge in [0.1, 0.15) is 0 Å². The zero-order chi connectivity index (χ0) is 25.9. The number of nitrogens with one attached hydrogen (secondary N) is 2. The number of carbonyl (C=O) groups is 2. The van der Waals surface area contributed by atoms with Crippen molar-refractivity contribution in [1.29, 1.82) is 0 Å². The quantitative estimate of drug-likeness (QED) is 0.466. The number of piperazine rings is 1. The highest BCUT2D eigenvalue weighted by Crippen LogP contribution is 2.30. The SMILES string of the molecule is CCOc1ccc(NC(=O)CN(C)CC(=O)Nc2ccc(N3CCN(CC)CC3)cc2)cc1OCC. The summed E-state index contributed by atoms with van der Waals surface area (Å²) in [4.78, 5) is 31.5. The molecule has 2 amide bonds. The van der Waals surface area contributed by atoms with E-state index in [4.69, 9.17) is 9.47 Å². The molecule has 0 aliphatic carbocycles. The Kier molecular flexibility index (Phi) is 10.4. The lowest BCUT2D eigenvalue weighted by atomic mass is 10.2. The van der Waals surface area contributed by atoms with Gasteiger partial charge < -0.3 is 29.9 Å². The summed E-state index contributed by atoms with van der Waals surface area (Å²) >= 11 is 0. The van der Waals surface area contributed by atoms with Crippen LogP contribution in [0, 0.1) is 0 Å². The largest absolute Gasteiger partial charge is 0.490 e. The Morgan fingerprint density at radius 2 is 1.36 bits per heavy atom. The molecule has 9 heteroatoms. The number of rotatable bonds is 12. The highest BCUT2D eigenvalue weighted by molar-refractivity contribution is 5.95. The second-order valence-electron chi connectivity index (χ2n) is 8.76. The van der Waals surface area contributed by atoms with Crippen LogP contribution in [0.15, 0.2) is 42.5 Å². The number of amides is 2. The van der Waals surface area contributed by atoms with E-state index >= 15 is 0 Å². The Labute approximate surface area is 214 Å². The highest BCUT2D eigenvalue weighted by Gasteiger charge is 2.16. The first-order valence-corrected chi connectivity index (χ1v) is 12.7. The minimum Gasteiger partial charge on any atom is -0.490 e. The molecule has 0 aromatic heterocycles. The van der Waals surface area contributed by atoms with Gasteiger partial charge in [-0.05, 0) is 63.8 Å². The number of carbonyl (C=O) groups excluding carboxylic acids is 2. The van der Waals surface area contributed by atoms with Crippen LogP contribution >= 0.6 is 0 Å². The first-order valence-electron chi connectivity index (χ1n) is 12.7. The van der Waals surface area contributed by atoms with E-state index in [1.54, 1.807) is 30.1 Å². The summed E-state index contributed by atoms with van der Waals surface area (Å²) in [5, 5.41) is 5.76. The molecule has 0 saturated carbocycles. The maximum atomic E-state index is 12.5. The Balaban J connectivity index is 1.45. The van der Waals surface area contributed by atoms with E-state index in [9.17, 15) is 9.59 Å². The summed E-state index contributed by atoms with van der Waals surface area (Å²) in [6.07, 6.45) is 0. The fourth-order valence-corrected chi connectivity index (χ4v) is 4.15. The maximum absolute atomic E-state index is 12.5. The molecule has 0 spiro atoms. The van der Waals surface area contributed by atoms with Crippen molar-refractivity contribution in [3.63, 3.8) is 0 Å². The van der Waals surface area contributed by atoms with Crippen LogP contribution in [0.4, 0.5) is 17.1 Å². The third kappa shape index (κ3) is 8.13. The van der Waals surface area contributed by atoms with Crippen LogP contribution in [0.1, 0.15) is 20.8 Å². The van der Waals surface area contributed by atoms with Crippen LogP contribution in [0.5, 0.6) is 11.5 Å². The van der Waals surface area contributed by atoms with Gasteiger partial charge >= 0.3 is 0 Å². The smallest absolute Gasteiger partial charge is 0.238 e. The lowest BCUT2D eigenvalue weighted by Gasteiger charge is -2.35. The number of hydrogen-bond donors (Lipinski definition) is 2. The fraction of sp³-hybridized carbons (Fsp3) is 0.481. The van der Waals surface area contributed by atoms with Crippen molar-refractivity contribution in [3.8, 4) is 11.5 Å². The number of ether oxygens (including phenoxy) is 2. The Morgan fingerprint density at radius 1 is 0.806 bits per heavy atom. The van der Waals surface area contributed by atoms with E-state index in [-0.39, 0.29) is 24.9 Å². The molecule has 36 heavy (non-hydrogen) atoms. The highest BCUT2D eigenvalue weighted by atomic mass is 16.5. The van der Waals surface area contributed by atoms with Crippen molar-refractivity contribution >= 4 is 28.9 Å². The molecule has 0 bridgehead atoms. The molecule has 0 unspecified atom stereocenters.